The molecular formula is C11H20O2. The van der Waals surface area contributed by atoms with Crippen LogP contribution in [-0.2, 0) is 9.47 Å². The fourth-order valence-corrected chi connectivity index (χ4v) is 2.66. The van der Waals surface area contributed by atoms with Crippen LogP contribution < -0.4 is 0 Å². The smallest absolute Gasteiger partial charge is 0.0868 e. The third-order valence-electron chi connectivity index (χ3n) is 3.40. The molecule has 0 aromatic carbocycles. The molecule has 1 heterocycles. The first kappa shape index (κ1) is 9.47. The van der Waals surface area contributed by atoms with Gasteiger partial charge in [0.15, 0.2) is 0 Å². The molecule has 0 spiro atoms. The van der Waals surface area contributed by atoms with Crippen molar-refractivity contribution in [1.82, 2.24) is 0 Å². The van der Waals surface area contributed by atoms with Gasteiger partial charge in [-0.2, -0.15) is 0 Å². The molecule has 76 valence electrons. The van der Waals surface area contributed by atoms with Crippen LogP contribution in [0.2, 0.25) is 0 Å². The minimum absolute atomic E-state index is 0.391. The summed E-state index contributed by atoms with van der Waals surface area (Å²) in [5.41, 5.74) is 0. The molecule has 1 aliphatic carbocycles. The summed E-state index contributed by atoms with van der Waals surface area (Å²) in [5, 5.41) is 0. The van der Waals surface area contributed by atoms with Crippen molar-refractivity contribution < 1.29 is 9.47 Å². The summed E-state index contributed by atoms with van der Waals surface area (Å²) >= 11 is 0. The van der Waals surface area contributed by atoms with Crippen LogP contribution in [0.3, 0.4) is 0 Å². The van der Waals surface area contributed by atoms with Crippen LogP contribution in [0.4, 0.5) is 0 Å². The molecule has 1 aliphatic heterocycles. The van der Waals surface area contributed by atoms with E-state index in [2.05, 4.69) is 13.8 Å². The Kier molecular flexibility index (Phi) is 2.89. The molecular weight excluding hydrogens is 164 g/mol. The average Bonchev–Trinajstić information content (AvgIpc) is 2.17. The number of ether oxygens (including phenoxy) is 2. The Morgan fingerprint density at radius 1 is 1.08 bits per heavy atom. The topological polar surface area (TPSA) is 18.5 Å². The molecule has 0 radical (unpaired) electrons. The van der Waals surface area contributed by atoms with E-state index in [9.17, 15) is 0 Å². The first-order valence-corrected chi connectivity index (χ1v) is 5.52. The van der Waals surface area contributed by atoms with Gasteiger partial charge in [-0.1, -0.05) is 20.3 Å². The summed E-state index contributed by atoms with van der Waals surface area (Å²) in [4.78, 5) is 0. The van der Waals surface area contributed by atoms with Crippen LogP contribution in [-0.4, -0.2) is 25.4 Å². The molecule has 2 nitrogen and oxygen atoms in total. The lowest BCUT2D eigenvalue weighted by atomic mass is 9.77. The molecule has 0 bridgehead atoms. The summed E-state index contributed by atoms with van der Waals surface area (Å²) in [7, 11) is 0. The molecule has 1 saturated carbocycles. The third kappa shape index (κ3) is 1.89. The van der Waals surface area contributed by atoms with Gasteiger partial charge < -0.3 is 9.47 Å². The van der Waals surface area contributed by atoms with Gasteiger partial charge in [-0.25, -0.2) is 0 Å². The minimum atomic E-state index is 0.391. The second-order valence-electron chi connectivity index (χ2n) is 4.58. The van der Waals surface area contributed by atoms with E-state index in [1.807, 2.05) is 0 Å². The van der Waals surface area contributed by atoms with Crippen LogP contribution in [0.25, 0.3) is 0 Å². The predicted octanol–water partition coefficient (Wildman–Crippen LogP) is 2.23. The van der Waals surface area contributed by atoms with E-state index in [-0.39, 0.29) is 0 Å². The van der Waals surface area contributed by atoms with Crippen molar-refractivity contribution >= 4 is 0 Å². The summed E-state index contributed by atoms with van der Waals surface area (Å²) in [6.45, 7) is 6.19. The molecule has 2 aliphatic rings. The Morgan fingerprint density at radius 2 is 1.85 bits per heavy atom. The molecule has 3 atom stereocenters. The maximum Gasteiger partial charge on any atom is 0.0868 e. The van der Waals surface area contributed by atoms with Crippen molar-refractivity contribution in [1.29, 1.82) is 0 Å². The third-order valence-corrected chi connectivity index (χ3v) is 3.40. The van der Waals surface area contributed by atoms with E-state index in [0.717, 1.165) is 25.0 Å². The molecule has 13 heavy (non-hydrogen) atoms. The predicted molar refractivity (Wildman–Crippen MR) is 51.7 cm³/mol. The summed E-state index contributed by atoms with van der Waals surface area (Å²) in [6, 6.07) is 0. The fraction of sp³-hybridized carbons (Fsp3) is 1.00. The Balaban J connectivity index is 2.02. The average molecular weight is 184 g/mol. The monoisotopic (exact) mass is 184 g/mol. The second kappa shape index (κ2) is 3.97. The lowest BCUT2D eigenvalue weighted by Crippen LogP contribution is -2.47. The van der Waals surface area contributed by atoms with E-state index in [0.29, 0.717) is 12.2 Å². The fourth-order valence-electron chi connectivity index (χ4n) is 2.66. The van der Waals surface area contributed by atoms with Gasteiger partial charge in [0.05, 0.1) is 25.4 Å². The molecule has 2 heteroatoms. The standard InChI is InChI=1S/C11H20O2/c1-8(2)9-4-3-5-10-11(9)13-7-6-12-10/h8-11H,3-7H2,1-2H3. The Bertz CT molecular complexity index is 165. The number of hydrogen-bond donors (Lipinski definition) is 0. The zero-order chi connectivity index (χ0) is 9.26. The Morgan fingerprint density at radius 3 is 2.62 bits per heavy atom. The van der Waals surface area contributed by atoms with Gasteiger partial charge in [-0.15, -0.1) is 0 Å². The highest BCUT2D eigenvalue weighted by atomic mass is 16.6. The first-order chi connectivity index (χ1) is 6.29. The zero-order valence-corrected chi connectivity index (χ0v) is 8.66. The molecule has 3 unspecified atom stereocenters. The first-order valence-electron chi connectivity index (χ1n) is 5.52. The van der Waals surface area contributed by atoms with Crippen molar-refractivity contribution in [2.24, 2.45) is 11.8 Å². The van der Waals surface area contributed by atoms with Gasteiger partial charge in [-0.05, 0) is 24.7 Å². The van der Waals surface area contributed by atoms with Crippen molar-refractivity contribution in [3.63, 3.8) is 0 Å². The van der Waals surface area contributed by atoms with E-state index in [4.69, 9.17) is 9.47 Å². The molecule has 0 aromatic rings. The van der Waals surface area contributed by atoms with Crippen LogP contribution in [0.5, 0.6) is 0 Å². The SMILES string of the molecule is CC(C)C1CCCC2OCCOC21. The molecule has 0 N–H and O–H groups in total. The van der Waals surface area contributed by atoms with Gasteiger partial charge in [0.2, 0.25) is 0 Å². The van der Waals surface area contributed by atoms with Gasteiger partial charge in [0, 0.05) is 0 Å². The highest BCUT2D eigenvalue weighted by Gasteiger charge is 2.38. The normalized spacial score (nSPS) is 40.4. The maximum absolute atomic E-state index is 5.83. The minimum Gasteiger partial charge on any atom is -0.373 e. The van der Waals surface area contributed by atoms with Gasteiger partial charge in [0.25, 0.3) is 0 Å². The largest absolute Gasteiger partial charge is 0.373 e. The van der Waals surface area contributed by atoms with Crippen LogP contribution in [0, 0.1) is 11.8 Å². The number of fused-ring (bicyclic) bond motifs is 1. The van der Waals surface area contributed by atoms with Crippen LogP contribution in [0.1, 0.15) is 33.1 Å². The summed E-state index contributed by atoms with van der Waals surface area (Å²) in [5.74, 6) is 1.45. The molecule has 0 aromatic heterocycles. The van der Waals surface area contributed by atoms with E-state index < -0.39 is 0 Å². The van der Waals surface area contributed by atoms with E-state index in [1.165, 1.54) is 19.3 Å². The van der Waals surface area contributed by atoms with Crippen molar-refractivity contribution in [2.45, 2.75) is 45.3 Å². The van der Waals surface area contributed by atoms with E-state index in [1.54, 1.807) is 0 Å². The lowest BCUT2D eigenvalue weighted by Gasteiger charge is -2.42. The highest BCUT2D eigenvalue weighted by molar-refractivity contribution is 4.87. The Labute approximate surface area is 80.6 Å². The number of rotatable bonds is 1. The van der Waals surface area contributed by atoms with Crippen LogP contribution in [0.15, 0.2) is 0 Å². The van der Waals surface area contributed by atoms with Crippen LogP contribution >= 0.6 is 0 Å². The van der Waals surface area contributed by atoms with E-state index >= 15 is 0 Å². The summed E-state index contributed by atoms with van der Waals surface area (Å²) in [6.07, 6.45) is 4.63. The van der Waals surface area contributed by atoms with Crippen molar-refractivity contribution in [3.05, 3.63) is 0 Å². The number of hydrogen-bond acceptors (Lipinski definition) is 2. The summed E-state index contributed by atoms with van der Waals surface area (Å²) < 4.78 is 11.6. The van der Waals surface area contributed by atoms with Gasteiger partial charge >= 0.3 is 0 Å². The van der Waals surface area contributed by atoms with Crippen molar-refractivity contribution in [3.8, 4) is 0 Å². The molecule has 2 rings (SSSR count). The molecule has 0 amide bonds. The maximum atomic E-state index is 5.83. The van der Waals surface area contributed by atoms with Gasteiger partial charge in [0.1, 0.15) is 0 Å². The molecule has 1 saturated heterocycles. The second-order valence-corrected chi connectivity index (χ2v) is 4.58. The molecule has 2 fully saturated rings. The lowest BCUT2D eigenvalue weighted by molar-refractivity contribution is -0.180. The van der Waals surface area contributed by atoms with Gasteiger partial charge in [-0.3, -0.25) is 0 Å². The Hall–Kier alpha value is -0.0800. The van der Waals surface area contributed by atoms with Crippen molar-refractivity contribution in [2.75, 3.05) is 13.2 Å². The quantitative estimate of drug-likeness (QED) is 0.622. The highest BCUT2D eigenvalue weighted by Crippen LogP contribution is 2.35. The zero-order valence-electron chi connectivity index (χ0n) is 8.66.